The molecule has 9 nitrogen and oxygen atoms in total. The Kier molecular flexibility index (Phi) is 14.4. The van der Waals surface area contributed by atoms with Gasteiger partial charge in [0.25, 0.3) is 0 Å². The second-order valence-electron chi connectivity index (χ2n) is 11.1. The maximum Gasteiger partial charge on any atom is 0.328 e. The van der Waals surface area contributed by atoms with Gasteiger partial charge < -0.3 is 20.7 Å². The van der Waals surface area contributed by atoms with Gasteiger partial charge in [0.05, 0.1) is 25.2 Å². The summed E-state index contributed by atoms with van der Waals surface area (Å²) in [6.07, 6.45) is 7.28. The number of halogens is 1. The van der Waals surface area contributed by atoms with E-state index in [4.69, 9.17) is 4.74 Å². The number of anilines is 1. The van der Waals surface area contributed by atoms with E-state index in [1.165, 1.54) is 0 Å². The van der Waals surface area contributed by atoms with Crippen LogP contribution in [0.1, 0.15) is 38.7 Å². The summed E-state index contributed by atoms with van der Waals surface area (Å²) in [6, 6.07) is 16.5. The predicted molar refractivity (Wildman–Crippen MR) is 180 cm³/mol. The molecule has 3 N–H and O–H groups in total. The smallest absolute Gasteiger partial charge is 0.328 e. The minimum absolute atomic E-state index is 0. The van der Waals surface area contributed by atoms with E-state index in [0.29, 0.717) is 18.7 Å². The molecule has 3 aromatic rings. The van der Waals surface area contributed by atoms with Gasteiger partial charge in [-0.2, -0.15) is 11.8 Å². The van der Waals surface area contributed by atoms with Crippen LogP contribution in [0, 0.1) is 0 Å². The first-order chi connectivity index (χ1) is 20.9. The van der Waals surface area contributed by atoms with E-state index in [9.17, 15) is 14.4 Å². The van der Waals surface area contributed by atoms with E-state index < -0.39 is 18.1 Å². The molecule has 0 aliphatic carbocycles. The third-order valence-electron chi connectivity index (χ3n) is 7.53. The molecule has 0 bridgehead atoms. The highest BCUT2D eigenvalue weighted by atomic mass is 35.5. The van der Waals surface area contributed by atoms with Crippen LogP contribution in [0.15, 0.2) is 67.0 Å². The zero-order valence-electron chi connectivity index (χ0n) is 25.7. The molecule has 1 unspecified atom stereocenters. The number of pyridine rings is 1. The van der Waals surface area contributed by atoms with Crippen LogP contribution >= 0.6 is 24.2 Å². The molecule has 2 aromatic carbocycles. The number of Topliss-reactive ketones (excluding diaryl/α,β-unsaturated/α-hetero) is 1. The van der Waals surface area contributed by atoms with E-state index in [1.807, 2.05) is 47.6 Å². The van der Waals surface area contributed by atoms with E-state index >= 15 is 0 Å². The minimum atomic E-state index is -0.756. The van der Waals surface area contributed by atoms with Crippen molar-refractivity contribution < 1.29 is 19.1 Å². The van der Waals surface area contributed by atoms with Gasteiger partial charge in [-0.3, -0.25) is 19.5 Å². The summed E-state index contributed by atoms with van der Waals surface area (Å²) in [4.78, 5) is 46.5. The molecule has 1 aliphatic heterocycles. The molecule has 0 saturated carbocycles. The summed E-state index contributed by atoms with van der Waals surface area (Å²) < 4.78 is 5.45. The number of nitrogens with zero attached hydrogens (tertiary/aromatic N) is 2. The third-order valence-corrected chi connectivity index (χ3v) is 8.18. The summed E-state index contributed by atoms with van der Waals surface area (Å²) in [5, 5.41) is 11.8. The summed E-state index contributed by atoms with van der Waals surface area (Å²) in [6.45, 7) is 4.86. The fraction of sp³-hybridized carbons (Fsp3) is 0.455. The third kappa shape index (κ3) is 10.2. The number of hydrogen-bond acceptors (Lipinski definition) is 9. The second-order valence-corrected chi connectivity index (χ2v) is 12.1. The van der Waals surface area contributed by atoms with Gasteiger partial charge in [0, 0.05) is 30.7 Å². The Bertz CT molecular complexity index is 1350. The van der Waals surface area contributed by atoms with E-state index in [-0.39, 0.29) is 49.3 Å². The maximum atomic E-state index is 14.0. The van der Waals surface area contributed by atoms with Crippen LogP contribution in [0.4, 0.5) is 5.69 Å². The number of rotatable bonds is 16. The first kappa shape index (κ1) is 35.3. The molecule has 11 heteroatoms. The van der Waals surface area contributed by atoms with E-state index in [1.54, 1.807) is 38.0 Å². The van der Waals surface area contributed by atoms with Crippen LogP contribution in [0.5, 0.6) is 0 Å². The summed E-state index contributed by atoms with van der Waals surface area (Å²) >= 11 is 1.61. The lowest BCUT2D eigenvalue weighted by Gasteiger charge is -2.35. The quantitative estimate of drug-likeness (QED) is 0.195. The molecule has 1 aromatic heterocycles. The van der Waals surface area contributed by atoms with Crippen molar-refractivity contribution in [3.8, 4) is 0 Å². The number of amides is 1. The zero-order chi connectivity index (χ0) is 30.6. The molecule has 1 aliphatic rings. The van der Waals surface area contributed by atoms with Crippen molar-refractivity contribution in [3.63, 3.8) is 0 Å². The summed E-state index contributed by atoms with van der Waals surface area (Å²) in [5.74, 6) is -0.0666. The van der Waals surface area contributed by atoms with E-state index in [0.717, 1.165) is 41.4 Å². The normalized spacial score (nSPS) is 15.9. The van der Waals surface area contributed by atoms with Crippen molar-refractivity contribution in [2.75, 3.05) is 37.0 Å². The molecule has 0 spiro atoms. The number of aromatic nitrogens is 1. The van der Waals surface area contributed by atoms with Crippen molar-refractivity contribution in [2.45, 2.75) is 63.9 Å². The summed E-state index contributed by atoms with van der Waals surface area (Å²) in [5.41, 5.74) is 1.84. The fourth-order valence-electron chi connectivity index (χ4n) is 5.55. The lowest BCUT2D eigenvalue weighted by atomic mass is 9.97. The van der Waals surface area contributed by atoms with Crippen LogP contribution in [-0.4, -0.2) is 83.4 Å². The Morgan fingerprint density at radius 3 is 2.55 bits per heavy atom. The number of esters is 1. The lowest BCUT2D eigenvalue weighted by molar-refractivity contribution is -0.151. The van der Waals surface area contributed by atoms with E-state index in [2.05, 4.69) is 39.1 Å². The fourth-order valence-corrected chi connectivity index (χ4v) is 6.02. The number of ether oxygens (including phenoxy) is 1. The first-order valence-corrected chi connectivity index (χ1v) is 16.3. The van der Waals surface area contributed by atoms with Crippen molar-refractivity contribution in [2.24, 2.45) is 0 Å². The van der Waals surface area contributed by atoms with Gasteiger partial charge in [-0.05, 0) is 80.1 Å². The summed E-state index contributed by atoms with van der Waals surface area (Å²) in [7, 11) is 0. The number of carbonyl (C=O) groups excluding carboxylic acids is 3. The van der Waals surface area contributed by atoms with Crippen molar-refractivity contribution in [1.29, 1.82) is 0 Å². The SMILES string of the molecule is CSCC[C@H](NC(=O)CN(Cc1cccc2ccccc12)C(C(=O)CNc1ccncc1)[C@@H]1CCCN1)C(=O)OC(C)C.Cl. The molecule has 44 heavy (non-hydrogen) atoms. The Morgan fingerprint density at radius 2 is 1.84 bits per heavy atom. The number of nitrogens with one attached hydrogen (secondary N) is 3. The van der Waals surface area contributed by atoms with Gasteiger partial charge in [-0.15, -0.1) is 12.4 Å². The topological polar surface area (TPSA) is 113 Å². The van der Waals surface area contributed by atoms with Crippen LogP contribution in [0.25, 0.3) is 10.8 Å². The van der Waals surface area contributed by atoms with Crippen LogP contribution in [0.2, 0.25) is 0 Å². The van der Waals surface area contributed by atoms with Crippen LogP contribution in [-0.2, 0) is 25.7 Å². The number of fused-ring (bicyclic) bond motifs is 1. The Morgan fingerprint density at radius 1 is 1.09 bits per heavy atom. The second kappa shape index (κ2) is 17.9. The largest absolute Gasteiger partial charge is 0.461 e. The minimum Gasteiger partial charge on any atom is -0.461 e. The molecule has 238 valence electrons. The molecule has 2 heterocycles. The average Bonchev–Trinajstić information content (AvgIpc) is 3.53. The Balaban J connectivity index is 0.00000529. The number of ketones is 1. The Hall–Kier alpha value is -3.18. The molecule has 3 atom stereocenters. The number of thioether (sulfide) groups is 1. The number of carbonyl (C=O) groups is 3. The highest BCUT2D eigenvalue weighted by molar-refractivity contribution is 7.98. The molecule has 0 radical (unpaired) electrons. The standard InChI is InChI=1S/C33H43N5O4S.ClH/c1-23(2)42-33(41)29(15-19-43-3)37-31(40)22-38(21-25-10-6-9-24-8-4-5-11-27(24)25)32(28-12-7-16-35-28)30(39)20-36-26-13-17-34-18-14-26;/h4-6,8-11,13-14,17-18,23,28-29,32,35H,7,12,15-16,19-22H2,1-3H3,(H,34,36)(H,37,40);1H/t28-,29-,32?;/m0./s1. The number of benzene rings is 2. The average molecular weight is 642 g/mol. The Labute approximate surface area is 270 Å². The number of hydrogen-bond donors (Lipinski definition) is 3. The van der Waals surface area contributed by atoms with Gasteiger partial charge in [-0.1, -0.05) is 42.5 Å². The van der Waals surface area contributed by atoms with Crippen molar-refractivity contribution in [1.82, 2.24) is 20.5 Å². The van der Waals surface area contributed by atoms with Gasteiger partial charge in [0.2, 0.25) is 5.91 Å². The molecule has 1 fully saturated rings. The first-order valence-electron chi connectivity index (χ1n) is 14.9. The molecule has 1 saturated heterocycles. The van der Waals surface area contributed by atoms with Gasteiger partial charge in [0.15, 0.2) is 5.78 Å². The highest BCUT2D eigenvalue weighted by Crippen LogP contribution is 2.24. The molecular weight excluding hydrogens is 598 g/mol. The van der Waals surface area contributed by atoms with Gasteiger partial charge in [0.1, 0.15) is 6.04 Å². The highest BCUT2D eigenvalue weighted by Gasteiger charge is 2.36. The van der Waals surface area contributed by atoms with Gasteiger partial charge >= 0.3 is 5.97 Å². The van der Waals surface area contributed by atoms with Crippen molar-refractivity contribution in [3.05, 3.63) is 72.6 Å². The lowest BCUT2D eigenvalue weighted by Crippen LogP contribution is -2.56. The predicted octanol–water partition coefficient (Wildman–Crippen LogP) is 4.45. The molecule has 4 rings (SSSR count). The monoisotopic (exact) mass is 641 g/mol. The zero-order valence-corrected chi connectivity index (χ0v) is 27.3. The molecule has 1 amide bonds. The van der Waals surface area contributed by atoms with Crippen LogP contribution < -0.4 is 16.0 Å². The molecular formula is C33H44ClN5O4S. The maximum absolute atomic E-state index is 14.0. The van der Waals surface area contributed by atoms with Crippen molar-refractivity contribution >= 4 is 58.3 Å². The van der Waals surface area contributed by atoms with Crippen LogP contribution in [0.3, 0.4) is 0 Å². The van der Waals surface area contributed by atoms with Gasteiger partial charge in [-0.25, -0.2) is 4.79 Å².